The van der Waals surface area contributed by atoms with E-state index >= 15 is 0 Å². The molecule has 0 aliphatic heterocycles. The Labute approximate surface area is 180 Å². The maximum absolute atomic E-state index is 12.9. The van der Waals surface area contributed by atoms with Gasteiger partial charge in [0.05, 0.1) is 30.2 Å². The number of hydrogen-bond donors (Lipinski definition) is 2. The number of benzene rings is 2. The number of carboxylic acid groups (broad SMARTS) is 1. The second kappa shape index (κ2) is 7.26. The fourth-order valence-electron chi connectivity index (χ4n) is 2.81. The molecule has 172 valence electrons. The molecule has 0 radical (unpaired) electrons. The molecule has 0 amide bonds. The molecular formula is C20H18F5N3O3S. The SMILES string of the molecule is COc1ccc(Nc2ccc(N(C)c3ccc(S(F)(F)(F)(F)F)cc3)nc2)c(C(=O)O)c1. The molecule has 3 aromatic rings. The van der Waals surface area contributed by atoms with E-state index in [2.05, 4.69) is 10.3 Å². The molecule has 0 saturated carbocycles. The fraction of sp³-hybridized carbons (Fsp3) is 0.100. The van der Waals surface area contributed by atoms with Crippen molar-refractivity contribution < 1.29 is 34.1 Å². The Bertz CT molecular complexity index is 1160. The van der Waals surface area contributed by atoms with Crippen molar-refractivity contribution in [3.05, 3.63) is 66.4 Å². The lowest BCUT2D eigenvalue weighted by Gasteiger charge is -2.40. The number of methoxy groups -OCH3 is 1. The number of ether oxygens (including phenoxy) is 1. The van der Waals surface area contributed by atoms with Gasteiger partial charge < -0.3 is 20.1 Å². The van der Waals surface area contributed by atoms with E-state index in [1.165, 1.54) is 43.5 Å². The number of halogens is 5. The van der Waals surface area contributed by atoms with Gasteiger partial charge in [0.2, 0.25) is 0 Å². The van der Waals surface area contributed by atoms with Crippen LogP contribution >= 0.6 is 10.2 Å². The lowest BCUT2D eigenvalue weighted by atomic mass is 10.1. The average Bonchev–Trinajstić information content (AvgIpc) is 2.72. The van der Waals surface area contributed by atoms with Gasteiger partial charge >= 0.3 is 16.2 Å². The summed E-state index contributed by atoms with van der Waals surface area (Å²) in [5.41, 5.74) is 0.945. The third-order valence-electron chi connectivity index (χ3n) is 4.50. The van der Waals surface area contributed by atoms with Crippen molar-refractivity contribution >= 4 is 39.1 Å². The van der Waals surface area contributed by atoms with Crippen molar-refractivity contribution in [1.82, 2.24) is 4.98 Å². The lowest BCUT2D eigenvalue weighted by Crippen LogP contribution is -2.12. The molecule has 0 bridgehead atoms. The molecule has 0 aliphatic rings. The molecule has 1 aromatic heterocycles. The third-order valence-corrected chi connectivity index (χ3v) is 5.66. The van der Waals surface area contributed by atoms with E-state index in [1.54, 1.807) is 12.1 Å². The Kier molecular flexibility index (Phi) is 5.25. The largest absolute Gasteiger partial charge is 0.497 e. The number of hydrogen-bond acceptors (Lipinski definition) is 5. The monoisotopic (exact) mass is 475 g/mol. The molecule has 2 aromatic carbocycles. The van der Waals surface area contributed by atoms with Crippen molar-refractivity contribution in [3.63, 3.8) is 0 Å². The first kappa shape index (κ1) is 23.1. The van der Waals surface area contributed by atoms with E-state index in [0.717, 1.165) is 12.1 Å². The minimum Gasteiger partial charge on any atom is -0.497 e. The summed E-state index contributed by atoms with van der Waals surface area (Å²) in [5.74, 6) is -0.464. The van der Waals surface area contributed by atoms with Crippen LogP contribution in [-0.2, 0) is 0 Å². The summed E-state index contributed by atoms with van der Waals surface area (Å²) in [6.45, 7) is 0. The Balaban J connectivity index is 1.80. The van der Waals surface area contributed by atoms with Crippen LogP contribution in [0.5, 0.6) is 5.75 Å². The number of pyridine rings is 1. The predicted molar refractivity (Wildman–Crippen MR) is 113 cm³/mol. The third kappa shape index (κ3) is 5.19. The quantitative estimate of drug-likeness (QED) is 0.360. The first-order chi connectivity index (χ1) is 14.7. The van der Waals surface area contributed by atoms with E-state index in [1.807, 2.05) is 0 Å². The summed E-state index contributed by atoms with van der Waals surface area (Å²) in [6.07, 6.45) is 1.39. The minimum atomic E-state index is -9.74. The zero-order chi connectivity index (χ0) is 23.8. The minimum absolute atomic E-state index is 0.0189. The summed E-state index contributed by atoms with van der Waals surface area (Å²) < 4.78 is 69.4. The van der Waals surface area contributed by atoms with Crippen molar-refractivity contribution in [2.45, 2.75) is 4.90 Å². The molecule has 6 nitrogen and oxygen atoms in total. The highest BCUT2D eigenvalue weighted by Crippen LogP contribution is 3.02. The standard InChI is InChI=1S/C20H18F5N3O3S/c1-28(14-4-7-16(8-5-14)32(21,22,23,24)25)19-10-3-13(12-26-19)27-18-9-6-15(31-2)11-17(18)20(29)30/h3-12,27H,1-2H3,(H,29,30). The number of carboxylic acids is 1. The van der Waals surface area contributed by atoms with E-state index in [-0.39, 0.29) is 11.3 Å². The van der Waals surface area contributed by atoms with Crippen LogP contribution in [0.25, 0.3) is 0 Å². The maximum atomic E-state index is 12.9. The average molecular weight is 475 g/mol. The van der Waals surface area contributed by atoms with Crippen molar-refractivity contribution in [1.29, 1.82) is 0 Å². The Morgan fingerprint density at radius 3 is 2.19 bits per heavy atom. The second-order valence-electron chi connectivity index (χ2n) is 6.77. The number of anilines is 4. The van der Waals surface area contributed by atoms with Gasteiger partial charge in [-0.3, -0.25) is 0 Å². The Hall–Kier alpha value is -3.54. The summed E-state index contributed by atoms with van der Waals surface area (Å²) in [6, 6.07) is 10.1. The van der Waals surface area contributed by atoms with Gasteiger partial charge in [0, 0.05) is 12.7 Å². The normalized spacial score (nSPS) is 13.6. The van der Waals surface area contributed by atoms with Crippen LogP contribution in [0, 0.1) is 0 Å². The second-order valence-corrected chi connectivity index (χ2v) is 9.18. The molecule has 3 rings (SSSR count). The molecule has 1 heterocycles. The van der Waals surface area contributed by atoms with E-state index in [0.29, 0.717) is 35.1 Å². The molecule has 0 unspecified atom stereocenters. The number of carbonyl (C=O) groups is 1. The Morgan fingerprint density at radius 1 is 1.03 bits per heavy atom. The van der Waals surface area contributed by atoms with Gasteiger partial charge in [-0.1, -0.05) is 19.4 Å². The van der Waals surface area contributed by atoms with E-state index in [4.69, 9.17) is 4.74 Å². The number of nitrogens with one attached hydrogen (secondary N) is 1. The van der Waals surface area contributed by atoms with Crippen LogP contribution in [0.2, 0.25) is 0 Å². The van der Waals surface area contributed by atoms with Crippen LogP contribution in [0.1, 0.15) is 10.4 Å². The molecule has 2 N–H and O–H groups in total. The Morgan fingerprint density at radius 2 is 1.69 bits per heavy atom. The molecule has 0 aliphatic carbocycles. The molecule has 0 saturated heterocycles. The van der Waals surface area contributed by atoms with Crippen LogP contribution in [-0.4, -0.2) is 30.2 Å². The lowest BCUT2D eigenvalue weighted by molar-refractivity contribution is 0.0697. The molecule has 32 heavy (non-hydrogen) atoms. The number of aromatic nitrogens is 1. The zero-order valence-corrected chi connectivity index (χ0v) is 17.5. The highest BCUT2D eigenvalue weighted by molar-refractivity contribution is 8.45. The summed E-state index contributed by atoms with van der Waals surface area (Å²) in [7, 11) is -6.81. The highest BCUT2D eigenvalue weighted by Gasteiger charge is 2.65. The fourth-order valence-corrected chi connectivity index (χ4v) is 3.46. The van der Waals surface area contributed by atoms with Crippen LogP contribution < -0.4 is 15.0 Å². The smallest absolute Gasteiger partial charge is 0.337 e. The van der Waals surface area contributed by atoms with Gasteiger partial charge in [-0.15, -0.1) is 0 Å². The summed E-state index contributed by atoms with van der Waals surface area (Å²) in [5, 5.41) is 12.3. The number of nitrogens with zero attached hydrogens (tertiary/aromatic N) is 2. The van der Waals surface area contributed by atoms with Gasteiger partial charge in [-0.2, -0.15) is 0 Å². The number of aromatic carboxylic acids is 1. The van der Waals surface area contributed by atoms with Crippen molar-refractivity contribution in [2.24, 2.45) is 0 Å². The molecule has 0 atom stereocenters. The van der Waals surface area contributed by atoms with Gasteiger partial charge in [-0.25, -0.2) is 9.78 Å². The van der Waals surface area contributed by atoms with E-state index in [9.17, 15) is 29.3 Å². The van der Waals surface area contributed by atoms with Gasteiger partial charge in [0.15, 0.2) is 0 Å². The number of rotatable bonds is 7. The van der Waals surface area contributed by atoms with Gasteiger partial charge in [0.1, 0.15) is 16.5 Å². The van der Waals surface area contributed by atoms with Gasteiger partial charge in [-0.05, 0) is 54.6 Å². The first-order valence-electron chi connectivity index (χ1n) is 8.90. The molecule has 0 fully saturated rings. The molecule has 12 heteroatoms. The summed E-state index contributed by atoms with van der Waals surface area (Å²) >= 11 is 0. The first-order valence-corrected chi connectivity index (χ1v) is 10.9. The van der Waals surface area contributed by atoms with Gasteiger partial charge in [0.25, 0.3) is 0 Å². The van der Waals surface area contributed by atoms with Crippen molar-refractivity contribution in [2.75, 3.05) is 24.4 Å². The predicted octanol–water partition coefficient (Wildman–Crippen LogP) is 6.96. The topological polar surface area (TPSA) is 74.7 Å². The molecule has 0 spiro atoms. The van der Waals surface area contributed by atoms with E-state index < -0.39 is 21.1 Å². The maximum Gasteiger partial charge on any atom is 0.337 e. The zero-order valence-electron chi connectivity index (χ0n) is 16.7. The highest BCUT2D eigenvalue weighted by atomic mass is 32.5. The van der Waals surface area contributed by atoms with Crippen LogP contribution in [0.3, 0.4) is 0 Å². The van der Waals surface area contributed by atoms with Crippen LogP contribution in [0.4, 0.5) is 42.3 Å². The molecular weight excluding hydrogens is 457 g/mol. The summed E-state index contributed by atoms with van der Waals surface area (Å²) in [4.78, 5) is 15.1. The van der Waals surface area contributed by atoms with Crippen molar-refractivity contribution in [3.8, 4) is 5.75 Å². The van der Waals surface area contributed by atoms with Crippen LogP contribution in [0.15, 0.2) is 65.7 Å².